The number of rotatable bonds is 7. The summed E-state index contributed by atoms with van der Waals surface area (Å²) < 4.78 is 13.3. The van der Waals surface area contributed by atoms with Crippen LogP contribution in [-0.4, -0.2) is 12.3 Å². The Morgan fingerprint density at radius 1 is 1.18 bits per heavy atom. The monoisotopic (exact) mass is 381 g/mol. The van der Waals surface area contributed by atoms with E-state index in [9.17, 15) is 4.39 Å². The Balaban J connectivity index is 0.00000122. The van der Waals surface area contributed by atoms with Crippen LogP contribution in [-0.2, 0) is 6.42 Å². The number of hydrogen-bond acceptors (Lipinski definition) is 3. The molecule has 0 aliphatic carbocycles. The number of hydrogen-bond donors (Lipinski definition) is 3. The second-order valence-corrected chi connectivity index (χ2v) is 6.43. The number of benzene rings is 2. The molecule has 0 bridgehead atoms. The highest BCUT2D eigenvalue weighted by Crippen LogP contribution is 2.27. The van der Waals surface area contributed by atoms with E-state index in [0.29, 0.717) is 22.5 Å². The van der Waals surface area contributed by atoms with Crippen molar-refractivity contribution in [2.24, 2.45) is 0 Å². The summed E-state index contributed by atoms with van der Waals surface area (Å²) in [5, 5.41) is 11.7. The highest BCUT2D eigenvalue weighted by molar-refractivity contribution is 6.13. The second kappa shape index (κ2) is 11.8. The maximum atomic E-state index is 13.3. The lowest BCUT2D eigenvalue weighted by Crippen LogP contribution is -2.14. The van der Waals surface area contributed by atoms with E-state index >= 15 is 0 Å². The van der Waals surface area contributed by atoms with E-state index in [4.69, 9.17) is 11.1 Å². The third-order valence-corrected chi connectivity index (χ3v) is 3.97. The van der Waals surface area contributed by atoms with Gasteiger partial charge in [-0.05, 0) is 48.7 Å². The van der Waals surface area contributed by atoms with E-state index in [0.717, 1.165) is 29.8 Å². The molecular formula is C24H32FN3. The van der Waals surface area contributed by atoms with Crippen molar-refractivity contribution in [3.8, 4) is 0 Å². The molecule has 0 amide bonds. The molecule has 28 heavy (non-hydrogen) atoms. The molecule has 0 aromatic heterocycles. The van der Waals surface area contributed by atoms with Crippen molar-refractivity contribution in [3.63, 3.8) is 0 Å². The summed E-state index contributed by atoms with van der Waals surface area (Å²) in [6.07, 6.45) is 5.35. The van der Waals surface area contributed by atoms with Crippen molar-refractivity contribution in [3.05, 3.63) is 77.1 Å². The minimum Gasteiger partial charge on any atom is -0.398 e. The first-order valence-corrected chi connectivity index (χ1v) is 9.76. The summed E-state index contributed by atoms with van der Waals surface area (Å²) in [5.41, 5.74) is 11.2. The molecule has 2 aromatic carbocycles. The number of halogens is 1. The van der Waals surface area contributed by atoms with E-state index in [1.165, 1.54) is 18.6 Å². The average molecular weight is 382 g/mol. The number of allylic oxidation sites excluding steroid dienone is 1. The van der Waals surface area contributed by atoms with E-state index in [1.54, 1.807) is 30.4 Å². The van der Waals surface area contributed by atoms with Crippen molar-refractivity contribution in [1.82, 2.24) is 5.32 Å². The van der Waals surface area contributed by atoms with E-state index in [1.807, 2.05) is 19.9 Å². The van der Waals surface area contributed by atoms with E-state index < -0.39 is 0 Å². The zero-order valence-corrected chi connectivity index (χ0v) is 17.4. The fraction of sp³-hybridized carbons (Fsp3) is 0.292. The van der Waals surface area contributed by atoms with Crippen LogP contribution in [0.1, 0.15) is 56.4 Å². The smallest absolute Gasteiger partial charge is 0.123 e. The number of anilines is 1. The molecule has 0 aliphatic rings. The predicted octanol–water partition coefficient (Wildman–Crippen LogP) is 6.05. The van der Waals surface area contributed by atoms with Gasteiger partial charge >= 0.3 is 0 Å². The predicted molar refractivity (Wildman–Crippen MR) is 121 cm³/mol. The van der Waals surface area contributed by atoms with Crippen LogP contribution in [0.2, 0.25) is 0 Å². The maximum absolute atomic E-state index is 13.3. The zero-order valence-electron chi connectivity index (χ0n) is 17.4. The summed E-state index contributed by atoms with van der Waals surface area (Å²) in [4.78, 5) is 0. The van der Waals surface area contributed by atoms with Crippen molar-refractivity contribution in [2.45, 2.75) is 40.5 Å². The summed E-state index contributed by atoms with van der Waals surface area (Å²) in [5.74, 6) is -0.300. The molecule has 0 fully saturated rings. The third-order valence-electron chi connectivity index (χ3n) is 3.97. The Morgan fingerprint density at radius 3 is 2.43 bits per heavy atom. The SMILES string of the molecule is C=C(NCC)c1ccc(N)c(C(=N)/C=C/c2cccc(F)c2)c1CC.CCC. The van der Waals surface area contributed by atoms with Gasteiger partial charge in [0.25, 0.3) is 0 Å². The minimum absolute atomic E-state index is 0.296. The van der Waals surface area contributed by atoms with Crippen LogP contribution in [0.3, 0.4) is 0 Å². The van der Waals surface area contributed by atoms with Gasteiger partial charge in [0.1, 0.15) is 5.82 Å². The van der Waals surface area contributed by atoms with Crippen LogP contribution in [0.4, 0.5) is 10.1 Å². The first-order chi connectivity index (χ1) is 13.4. The van der Waals surface area contributed by atoms with Gasteiger partial charge in [-0.15, -0.1) is 0 Å². The number of nitrogens with two attached hydrogens (primary N) is 1. The molecule has 0 saturated carbocycles. The van der Waals surface area contributed by atoms with Gasteiger partial charge in [-0.2, -0.15) is 0 Å². The molecule has 0 unspecified atom stereocenters. The Labute approximate surface area is 168 Å². The first-order valence-electron chi connectivity index (χ1n) is 9.76. The molecule has 4 N–H and O–H groups in total. The Morgan fingerprint density at radius 2 is 1.86 bits per heavy atom. The lowest BCUT2D eigenvalue weighted by atomic mass is 9.92. The summed E-state index contributed by atoms with van der Waals surface area (Å²) in [6, 6.07) is 10.00. The molecule has 2 rings (SSSR count). The molecule has 0 spiro atoms. The van der Waals surface area contributed by atoms with Crippen LogP contribution in [0.5, 0.6) is 0 Å². The largest absolute Gasteiger partial charge is 0.398 e. The second-order valence-electron chi connectivity index (χ2n) is 6.43. The Hall–Kier alpha value is -2.88. The number of nitrogen functional groups attached to an aromatic ring is 1. The highest BCUT2D eigenvalue weighted by atomic mass is 19.1. The molecule has 0 radical (unpaired) electrons. The van der Waals surface area contributed by atoms with Crippen LogP contribution < -0.4 is 11.1 Å². The number of nitrogens with one attached hydrogen (secondary N) is 2. The van der Waals surface area contributed by atoms with Gasteiger partial charge in [0.15, 0.2) is 0 Å². The molecule has 0 aliphatic heterocycles. The van der Waals surface area contributed by atoms with Crippen molar-refractivity contribution < 1.29 is 4.39 Å². The van der Waals surface area contributed by atoms with Crippen molar-refractivity contribution in [1.29, 1.82) is 5.41 Å². The fourth-order valence-electron chi connectivity index (χ4n) is 2.82. The van der Waals surface area contributed by atoms with Gasteiger partial charge in [0.05, 0.1) is 5.71 Å². The van der Waals surface area contributed by atoms with Crippen LogP contribution in [0.15, 0.2) is 49.1 Å². The molecule has 2 aromatic rings. The Bertz CT molecular complexity index is 838. The van der Waals surface area contributed by atoms with Gasteiger partial charge in [-0.3, -0.25) is 0 Å². The highest BCUT2D eigenvalue weighted by Gasteiger charge is 2.14. The standard InChI is InChI=1S/C21H24FN3.C3H8/c1-4-17-18(14(3)25-5-2)10-12-20(24)21(17)19(23)11-9-15-7-6-8-16(22)13-15;1-3-2/h6-13,23,25H,3-5,24H2,1-2H3;3H2,1-2H3/b11-9+,23-19?;. The average Bonchev–Trinajstić information content (AvgIpc) is 2.66. The quantitative estimate of drug-likeness (QED) is 0.404. The molecule has 0 saturated heterocycles. The van der Waals surface area contributed by atoms with Crippen molar-refractivity contribution >= 4 is 23.2 Å². The summed E-state index contributed by atoms with van der Waals surface area (Å²) >= 11 is 0. The van der Waals surface area contributed by atoms with E-state index in [-0.39, 0.29) is 5.82 Å². The minimum atomic E-state index is -0.300. The lowest BCUT2D eigenvalue weighted by Gasteiger charge is -2.17. The van der Waals surface area contributed by atoms with Gasteiger partial charge in [-0.1, -0.05) is 58.0 Å². The summed E-state index contributed by atoms with van der Waals surface area (Å²) in [7, 11) is 0. The molecule has 0 atom stereocenters. The van der Waals surface area contributed by atoms with Gasteiger partial charge in [-0.25, -0.2) is 4.39 Å². The van der Waals surface area contributed by atoms with Crippen LogP contribution in [0.25, 0.3) is 11.8 Å². The topological polar surface area (TPSA) is 61.9 Å². The first kappa shape index (κ1) is 23.2. The van der Waals surface area contributed by atoms with Gasteiger partial charge in [0.2, 0.25) is 0 Å². The molecule has 3 nitrogen and oxygen atoms in total. The lowest BCUT2D eigenvalue weighted by molar-refractivity contribution is 0.627. The van der Waals surface area contributed by atoms with Gasteiger partial charge in [0, 0.05) is 29.1 Å². The normalized spacial score (nSPS) is 10.3. The molecule has 0 heterocycles. The van der Waals surface area contributed by atoms with Crippen LogP contribution >= 0.6 is 0 Å². The Kier molecular flexibility index (Phi) is 9.72. The van der Waals surface area contributed by atoms with Crippen LogP contribution in [0, 0.1) is 11.2 Å². The van der Waals surface area contributed by atoms with Gasteiger partial charge < -0.3 is 16.5 Å². The van der Waals surface area contributed by atoms with E-state index in [2.05, 4.69) is 25.7 Å². The molecule has 150 valence electrons. The summed E-state index contributed by atoms with van der Waals surface area (Å²) in [6.45, 7) is 13.1. The third kappa shape index (κ3) is 6.38. The van der Waals surface area contributed by atoms with Crippen molar-refractivity contribution in [2.75, 3.05) is 12.3 Å². The zero-order chi connectivity index (χ0) is 21.1. The maximum Gasteiger partial charge on any atom is 0.123 e. The molecule has 4 heteroatoms. The fourth-order valence-corrected chi connectivity index (χ4v) is 2.82. The molecular weight excluding hydrogens is 349 g/mol.